The summed E-state index contributed by atoms with van der Waals surface area (Å²) in [5.74, 6) is -0.0645. The van der Waals surface area contributed by atoms with Crippen LogP contribution in [0.15, 0.2) is 53.6 Å². The van der Waals surface area contributed by atoms with Gasteiger partial charge >= 0.3 is 0 Å². The lowest BCUT2D eigenvalue weighted by Crippen LogP contribution is -2.27. The van der Waals surface area contributed by atoms with Crippen molar-refractivity contribution < 1.29 is 13.9 Å². The van der Waals surface area contributed by atoms with Crippen LogP contribution in [0.5, 0.6) is 5.75 Å². The van der Waals surface area contributed by atoms with Gasteiger partial charge in [0.05, 0.1) is 12.9 Å². The van der Waals surface area contributed by atoms with Crippen molar-refractivity contribution in [2.45, 2.75) is 13.5 Å². The molecule has 2 heterocycles. The van der Waals surface area contributed by atoms with E-state index in [1.165, 1.54) is 23.0 Å². The quantitative estimate of drug-likeness (QED) is 0.557. The molecule has 28 heavy (non-hydrogen) atoms. The highest BCUT2D eigenvalue weighted by molar-refractivity contribution is 6.04. The summed E-state index contributed by atoms with van der Waals surface area (Å²) in [6.45, 7) is 2.26. The number of carbonyl (C=O) groups is 1. The zero-order chi connectivity index (χ0) is 19.7. The van der Waals surface area contributed by atoms with Crippen molar-refractivity contribution in [2.24, 2.45) is 0 Å². The number of rotatable bonds is 5. The first-order valence-electron chi connectivity index (χ1n) is 8.74. The fraction of sp³-hybridized carbons (Fsp3) is 0.150. The third-order valence-corrected chi connectivity index (χ3v) is 4.30. The van der Waals surface area contributed by atoms with Gasteiger partial charge in [0.15, 0.2) is 0 Å². The fourth-order valence-electron chi connectivity index (χ4n) is 3.03. The first kappa shape index (κ1) is 17.7. The molecule has 0 saturated heterocycles. The molecule has 0 saturated carbocycles. The van der Waals surface area contributed by atoms with Crippen LogP contribution >= 0.6 is 0 Å². The molecule has 0 aliphatic rings. The first-order valence-corrected chi connectivity index (χ1v) is 8.74. The molecular weight excluding hydrogens is 363 g/mol. The zero-order valence-corrected chi connectivity index (χ0v) is 15.0. The van der Waals surface area contributed by atoms with Crippen LogP contribution in [-0.2, 0) is 11.3 Å². The average molecular weight is 380 g/mol. The Bertz CT molecular complexity index is 1230. The Balaban J connectivity index is 1.57. The van der Waals surface area contributed by atoms with Crippen molar-refractivity contribution in [1.82, 2.24) is 14.5 Å². The molecule has 0 bridgehead atoms. The van der Waals surface area contributed by atoms with Crippen molar-refractivity contribution in [3.8, 4) is 5.75 Å². The van der Waals surface area contributed by atoms with Crippen LogP contribution in [0.1, 0.15) is 6.92 Å². The van der Waals surface area contributed by atoms with Crippen LogP contribution in [0.4, 0.5) is 10.1 Å². The number of benzene rings is 2. The molecule has 0 fully saturated rings. The van der Waals surface area contributed by atoms with E-state index in [9.17, 15) is 14.0 Å². The maximum atomic E-state index is 13.5. The molecule has 0 unspecified atom stereocenters. The number of ether oxygens (including phenoxy) is 1. The number of anilines is 1. The van der Waals surface area contributed by atoms with Crippen LogP contribution in [0.25, 0.3) is 21.9 Å². The highest BCUT2D eigenvalue weighted by atomic mass is 19.1. The number of H-pyrrole nitrogens is 1. The van der Waals surface area contributed by atoms with Crippen molar-refractivity contribution in [3.05, 3.63) is 65.0 Å². The molecule has 2 N–H and O–H groups in total. The van der Waals surface area contributed by atoms with E-state index in [4.69, 9.17) is 4.74 Å². The van der Waals surface area contributed by atoms with Crippen molar-refractivity contribution in [2.75, 3.05) is 11.9 Å². The minimum atomic E-state index is -0.408. The van der Waals surface area contributed by atoms with E-state index in [2.05, 4.69) is 15.3 Å². The number of nitrogens with zero attached hydrogens (tertiary/aromatic N) is 2. The molecule has 2 aromatic heterocycles. The standard InChI is InChI=1S/C20H17FN4O3/c1-2-28-14-6-4-13(5-7-14)23-17(26)10-25-11-22-18-15-9-12(21)3-8-16(15)24-19(18)20(25)27/h3-9,11,24H,2,10H2,1H3,(H,23,26). The Morgan fingerprint density at radius 2 is 2.04 bits per heavy atom. The van der Waals surface area contributed by atoms with Gasteiger partial charge in [-0.2, -0.15) is 0 Å². The Labute approximate surface area is 158 Å². The second-order valence-electron chi connectivity index (χ2n) is 6.22. The fourth-order valence-corrected chi connectivity index (χ4v) is 3.03. The molecule has 0 aliphatic carbocycles. The maximum absolute atomic E-state index is 13.5. The number of nitrogens with one attached hydrogen (secondary N) is 2. The number of halogens is 1. The predicted octanol–water partition coefficient (Wildman–Crippen LogP) is 3.05. The highest BCUT2D eigenvalue weighted by Crippen LogP contribution is 2.22. The van der Waals surface area contributed by atoms with E-state index >= 15 is 0 Å². The zero-order valence-electron chi connectivity index (χ0n) is 15.0. The number of fused-ring (bicyclic) bond motifs is 3. The summed E-state index contributed by atoms with van der Waals surface area (Å²) in [7, 11) is 0. The topological polar surface area (TPSA) is 89.0 Å². The van der Waals surface area contributed by atoms with Gasteiger partial charge in [-0.15, -0.1) is 0 Å². The summed E-state index contributed by atoms with van der Waals surface area (Å²) >= 11 is 0. The normalized spacial score (nSPS) is 11.1. The highest BCUT2D eigenvalue weighted by Gasteiger charge is 2.13. The molecule has 0 atom stereocenters. The molecule has 4 aromatic rings. The van der Waals surface area contributed by atoms with Crippen molar-refractivity contribution >= 4 is 33.5 Å². The summed E-state index contributed by atoms with van der Waals surface area (Å²) in [6.07, 6.45) is 1.29. The van der Waals surface area contributed by atoms with Crippen molar-refractivity contribution in [3.63, 3.8) is 0 Å². The SMILES string of the molecule is CCOc1ccc(NC(=O)Cn2cnc3c([nH]c4ccc(F)cc43)c2=O)cc1. The molecule has 0 radical (unpaired) electrons. The summed E-state index contributed by atoms with van der Waals surface area (Å²) < 4.78 is 20.0. The van der Waals surface area contributed by atoms with Crippen LogP contribution in [0.2, 0.25) is 0 Å². The van der Waals surface area contributed by atoms with Crippen LogP contribution in [0, 0.1) is 5.82 Å². The number of hydrogen-bond acceptors (Lipinski definition) is 4. The second kappa shape index (κ2) is 7.15. The molecule has 142 valence electrons. The minimum absolute atomic E-state index is 0.196. The largest absolute Gasteiger partial charge is 0.494 e. The van der Waals surface area contributed by atoms with Gasteiger partial charge in [0.25, 0.3) is 5.56 Å². The predicted molar refractivity (Wildman–Crippen MR) is 104 cm³/mol. The van der Waals surface area contributed by atoms with E-state index in [1.54, 1.807) is 30.3 Å². The number of hydrogen-bond donors (Lipinski definition) is 2. The lowest BCUT2D eigenvalue weighted by Gasteiger charge is -2.08. The molecule has 4 rings (SSSR count). The molecule has 1 amide bonds. The van der Waals surface area contributed by atoms with Crippen LogP contribution in [-0.4, -0.2) is 27.0 Å². The van der Waals surface area contributed by atoms with Gasteiger partial charge in [-0.05, 0) is 49.4 Å². The van der Waals surface area contributed by atoms with Gasteiger partial charge in [-0.1, -0.05) is 0 Å². The molecule has 0 aliphatic heterocycles. The maximum Gasteiger partial charge on any atom is 0.278 e. The third kappa shape index (κ3) is 3.32. The third-order valence-electron chi connectivity index (χ3n) is 4.30. The molecule has 2 aromatic carbocycles. The Morgan fingerprint density at radius 3 is 2.79 bits per heavy atom. The van der Waals surface area contributed by atoms with Crippen LogP contribution in [0.3, 0.4) is 0 Å². The average Bonchev–Trinajstić information content (AvgIpc) is 3.04. The smallest absolute Gasteiger partial charge is 0.278 e. The molecule has 8 heteroatoms. The van der Waals surface area contributed by atoms with Gasteiger partial charge in [0.1, 0.15) is 29.1 Å². The Hall–Kier alpha value is -3.68. The lowest BCUT2D eigenvalue weighted by molar-refractivity contribution is -0.116. The van der Waals surface area contributed by atoms with E-state index < -0.39 is 11.4 Å². The van der Waals surface area contributed by atoms with Crippen LogP contribution < -0.4 is 15.6 Å². The minimum Gasteiger partial charge on any atom is -0.494 e. The summed E-state index contributed by atoms with van der Waals surface area (Å²) in [6, 6.07) is 11.1. The number of amides is 1. The van der Waals surface area contributed by atoms with E-state index in [0.717, 1.165) is 0 Å². The second-order valence-corrected chi connectivity index (χ2v) is 6.22. The van der Waals surface area contributed by atoms with Gasteiger partial charge in [0, 0.05) is 16.6 Å². The first-order chi connectivity index (χ1) is 13.5. The Kier molecular flexibility index (Phi) is 4.52. The monoisotopic (exact) mass is 380 g/mol. The van der Waals surface area contributed by atoms with E-state index in [1.807, 2.05) is 6.92 Å². The van der Waals surface area contributed by atoms with E-state index in [-0.39, 0.29) is 18.0 Å². The van der Waals surface area contributed by atoms with Gasteiger partial charge in [-0.25, -0.2) is 9.37 Å². The summed E-state index contributed by atoms with van der Waals surface area (Å²) in [4.78, 5) is 32.2. The van der Waals surface area contributed by atoms with Crippen molar-refractivity contribution in [1.29, 1.82) is 0 Å². The molecule has 7 nitrogen and oxygen atoms in total. The lowest BCUT2D eigenvalue weighted by atomic mass is 10.2. The number of aromatic amines is 1. The Morgan fingerprint density at radius 1 is 1.25 bits per heavy atom. The van der Waals surface area contributed by atoms with E-state index in [0.29, 0.717) is 34.5 Å². The number of carbonyl (C=O) groups excluding carboxylic acids is 1. The van der Waals surface area contributed by atoms with Gasteiger partial charge in [-0.3, -0.25) is 14.2 Å². The summed E-state index contributed by atoms with van der Waals surface area (Å²) in [5, 5.41) is 3.25. The molecular formula is C20H17FN4O3. The van der Waals surface area contributed by atoms with Gasteiger partial charge in [0.2, 0.25) is 5.91 Å². The summed E-state index contributed by atoms with van der Waals surface area (Å²) in [5.41, 5.74) is 1.41. The van der Waals surface area contributed by atoms with Gasteiger partial charge < -0.3 is 15.0 Å². The molecule has 0 spiro atoms. The number of aromatic nitrogens is 3.